The van der Waals surface area contributed by atoms with Crippen LogP contribution in [0.3, 0.4) is 0 Å². The van der Waals surface area contributed by atoms with Gasteiger partial charge in [-0.05, 0) is 54.7 Å². The maximum absolute atomic E-state index is 12.5. The fourth-order valence-electron chi connectivity index (χ4n) is 2.43. The van der Waals surface area contributed by atoms with Gasteiger partial charge >= 0.3 is 6.18 Å². The second-order valence-corrected chi connectivity index (χ2v) is 5.30. The number of halogens is 3. The summed E-state index contributed by atoms with van der Waals surface area (Å²) in [6.45, 7) is 4.03. The minimum absolute atomic E-state index is 0.313. The molecular weight excluding hydrogens is 275 g/mol. The van der Waals surface area contributed by atoms with Crippen LogP contribution in [0.15, 0.2) is 42.5 Å². The predicted molar refractivity (Wildman–Crippen MR) is 78.0 cm³/mol. The van der Waals surface area contributed by atoms with Crippen molar-refractivity contribution in [2.24, 2.45) is 5.73 Å². The molecule has 0 aliphatic rings. The van der Waals surface area contributed by atoms with Crippen molar-refractivity contribution in [3.63, 3.8) is 0 Å². The topological polar surface area (TPSA) is 26.0 Å². The fourth-order valence-corrected chi connectivity index (χ4v) is 2.43. The Morgan fingerprint density at radius 1 is 0.952 bits per heavy atom. The van der Waals surface area contributed by atoms with Gasteiger partial charge in [0, 0.05) is 6.04 Å². The van der Waals surface area contributed by atoms with Crippen molar-refractivity contribution < 1.29 is 13.2 Å². The molecule has 0 saturated heterocycles. The fraction of sp³-hybridized carbons (Fsp3) is 0.294. The lowest BCUT2D eigenvalue weighted by Crippen LogP contribution is -2.15. The summed E-state index contributed by atoms with van der Waals surface area (Å²) in [5.74, 6) is 0. The van der Waals surface area contributed by atoms with Crippen LogP contribution in [0, 0.1) is 13.8 Å². The first-order valence-corrected chi connectivity index (χ1v) is 6.77. The van der Waals surface area contributed by atoms with Gasteiger partial charge in [-0.3, -0.25) is 0 Å². The SMILES string of the molecule is Cc1cccc(C)c1CC(N)c1ccc(C(F)(F)F)cc1. The molecule has 0 radical (unpaired) electrons. The van der Waals surface area contributed by atoms with Crippen LogP contribution in [0.5, 0.6) is 0 Å². The predicted octanol–water partition coefficient (Wildman–Crippen LogP) is 4.56. The van der Waals surface area contributed by atoms with Crippen LogP contribution in [0.1, 0.15) is 33.9 Å². The molecule has 2 aromatic rings. The van der Waals surface area contributed by atoms with Gasteiger partial charge in [0.2, 0.25) is 0 Å². The Balaban J connectivity index is 2.19. The van der Waals surface area contributed by atoms with E-state index in [2.05, 4.69) is 0 Å². The van der Waals surface area contributed by atoms with Crippen molar-refractivity contribution in [2.45, 2.75) is 32.5 Å². The highest BCUT2D eigenvalue weighted by Crippen LogP contribution is 2.30. The van der Waals surface area contributed by atoms with Crippen LogP contribution in [0.2, 0.25) is 0 Å². The number of aryl methyl sites for hydroxylation is 2. The molecule has 0 aromatic heterocycles. The van der Waals surface area contributed by atoms with E-state index in [1.54, 1.807) is 0 Å². The van der Waals surface area contributed by atoms with Gasteiger partial charge in [0.25, 0.3) is 0 Å². The van der Waals surface area contributed by atoms with Crippen molar-refractivity contribution in [2.75, 3.05) is 0 Å². The molecule has 0 aliphatic heterocycles. The van der Waals surface area contributed by atoms with E-state index in [-0.39, 0.29) is 6.04 Å². The van der Waals surface area contributed by atoms with Gasteiger partial charge in [0.05, 0.1) is 5.56 Å². The van der Waals surface area contributed by atoms with Gasteiger partial charge in [-0.1, -0.05) is 30.3 Å². The molecule has 2 N–H and O–H groups in total. The van der Waals surface area contributed by atoms with Crippen molar-refractivity contribution in [3.8, 4) is 0 Å². The summed E-state index contributed by atoms with van der Waals surface area (Å²) in [6, 6.07) is 10.8. The maximum atomic E-state index is 12.5. The molecule has 112 valence electrons. The summed E-state index contributed by atoms with van der Waals surface area (Å²) >= 11 is 0. The highest BCUT2D eigenvalue weighted by Gasteiger charge is 2.30. The lowest BCUT2D eigenvalue weighted by Gasteiger charge is -2.17. The third kappa shape index (κ3) is 3.64. The Labute approximate surface area is 122 Å². The van der Waals surface area contributed by atoms with E-state index < -0.39 is 11.7 Å². The molecular formula is C17H18F3N. The van der Waals surface area contributed by atoms with Gasteiger partial charge in [0.15, 0.2) is 0 Å². The number of nitrogens with two attached hydrogens (primary N) is 1. The largest absolute Gasteiger partial charge is 0.416 e. The normalized spacial score (nSPS) is 13.2. The average Bonchev–Trinajstić information content (AvgIpc) is 2.42. The van der Waals surface area contributed by atoms with E-state index in [0.717, 1.165) is 28.8 Å². The molecule has 4 heteroatoms. The first kappa shape index (κ1) is 15.6. The second kappa shape index (κ2) is 5.90. The van der Waals surface area contributed by atoms with Crippen LogP contribution >= 0.6 is 0 Å². The monoisotopic (exact) mass is 293 g/mol. The van der Waals surface area contributed by atoms with Gasteiger partial charge in [-0.2, -0.15) is 13.2 Å². The smallest absolute Gasteiger partial charge is 0.324 e. The molecule has 0 bridgehead atoms. The van der Waals surface area contributed by atoms with Crippen LogP contribution in [0.25, 0.3) is 0 Å². The average molecular weight is 293 g/mol. The first-order valence-electron chi connectivity index (χ1n) is 6.77. The van der Waals surface area contributed by atoms with Gasteiger partial charge in [-0.15, -0.1) is 0 Å². The Hall–Kier alpha value is -1.81. The summed E-state index contributed by atoms with van der Waals surface area (Å²) in [7, 11) is 0. The Morgan fingerprint density at radius 3 is 1.95 bits per heavy atom. The van der Waals surface area contributed by atoms with E-state index in [1.807, 2.05) is 32.0 Å². The van der Waals surface area contributed by atoms with Gasteiger partial charge < -0.3 is 5.73 Å². The van der Waals surface area contributed by atoms with Crippen LogP contribution < -0.4 is 5.73 Å². The van der Waals surface area contributed by atoms with E-state index >= 15 is 0 Å². The lowest BCUT2D eigenvalue weighted by molar-refractivity contribution is -0.137. The Morgan fingerprint density at radius 2 is 1.48 bits per heavy atom. The van der Waals surface area contributed by atoms with Crippen LogP contribution in [-0.2, 0) is 12.6 Å². The Kier molecular flexibility index (Phi) is 4.37. The number of rotatable bonds is 3. The second-order valence-electron chi connectivity index (χ2n) is 5.30. The minimum atomic E-state index is -4.31. The quantitative estimate of drug-likeness (QED) is 0.881. The summed E-state index contributed by atoms with van der Waals surface area (Å²) in [5.41, 5.74) is 9.67. The molecule has 21 heavy (non-hydrogen) atoms. The number of hydrogen-bond acceptors (Lipinski definition) is 1. The zero-order valence-electron chi connectivity index (χ0n) is 12.0. The molecule has 0 aliphatic carbocycles. The third-order valence-corrected chi connectivity index (χ3v) is 3.73. The maximum Gasteiger partial charge on any atom is 0.416 e. The highest BCUT2D eigenvalue weighted by molar-refractivity contribution is 5.36. The van der Waals surface area contributed by atoms with E-state index in [0.29, 0.717) is 12.0 Å². The summed E-state index contributed by atoms with van der Waals surface area (Å²) in [4.78, 5) is 0. The highest BCUT2D eigenvalue weighted by atomic mass is 19.4. The van der Waals surface area contributed by atoms with E-state index in [9.17, 15) is 13.2 Å². The van der Waals surface area contributed by atoms with Crippen LogP contribution in [0.4, 0.5) is 13.2 Å². The standard InChI is InChI=1S/C17H18F3N/c1-11-4-3-5-12(2)15(11)10-16(21)13-6-8-14(9-7-13)17(18,19)20/h3-9,16H,10,21H2,1-2H3. The molecule has 0 fully saturated rings. The van der Waals surface area contributed by atoms with Crippen molar-refractivity contribution >= 4 is 0 Å². The molecule has 0 heterocycles. The molecule has 2 rings (SSSR count). The molecule has 0 saturated carbocycles. The number of alkyl halides is 3. The lowest BCUT2D eigenvalue weighted by atomic mass is 9.93. The number of hydrogen-bond donors (Lipinski definition) is 1. The van der Waals surface area contributed by atoms with Crippen LogP contribution in [-0.4, -0.2) is 0 Å². The van der Waals surface area contributed by atoms with Crippen molar-refractivity contribution in [1.29, 1.82) is 0 Å². The van der Waals surface area contributed by atoms with E-state index in [1.165, 1.54) is 12.1 Å². The summed E-state index contributed by atoms with van der Waals surface area (Å²) < 4.78 is 37.6. The zero-order chi connectivity index (χ0) is 15.6. The summed E-state index contributed by atoms with van der Waals surface area (Å²) in [6.07, 6.45) is -3.70. The van der Waals surface area contributed by atoms with Crippen molar-refractivity contribution in [1.82, 2.24) is 0 Å². The van der Waals surface area contributed by atoms with Gasteiger partial charge in [-0.25, -0.2) is 0 Å². The molecule has 1 atom stereocenters. The molecule has 0 spiro atoms. The Bertz CT molecular complexity index is 595. The van der Waals surface area contributed by atoms with E-state index in [4.69, 9.17) is 5.73 Å². The number of benzene rings is 2. The first-order chi connectivity index (χ1) is 9.79. The minimum Gasteiger partial charge on any atom is -0.324 e. The zero-order valence-corrected chi connectivity index (χ0v) is 12.0. The molecule has 2 aromatic carbocycles. The van der Waals surface area contributed by atoms with Gasteiger partial charge in [0.1, 0.15) is 0 Å². The molecule has 1 nitrogen and oxygen atoms in total. The third-order valence-electron chi connectivity index (χ3n) is 3.73. The van der Waals surface area contributed by atoms with Crippen molar-refractivity contribution in [3.05, 3.63) is 70.3 Å². The summed E-state index contributed by atoms with van der Waals surface area (Å²) in [5, 5.41) is 0. The molecule has 0 amide bonds. The molecule has 1 unspecified atom stereocenters.